The highest BCUT2D eigenvalue weighted by atomic mass is 35.5. The lowest BCUT2D eigenvalue weighted by molar-refractivity contribution is -0.0728. The molecule has 152 valence electrons. The van der Waals surface area contributed by atoms with Crippen LogP contribution < -0.4 is 0 Å². The monoisotopic (exact) mass is 572 g/mol. The van der Waals surface area contributed by atoms with Crippen LogP contribution in [0.15, 0.2) is 40.3 Å². The molecule has 1 saturated carbocycles. The fourth-order valence-corrected chi connectivity index (χ4v) is 14.9. The van der Waals surface area contributed by atoms with Crippen molar-refractivity contribution in [3.05, 3.63) is 40.3 Å². The summed E-state index contributed by atoms with van der Waals surface area (Å²) in [6, 6.07) is 0. The van der Waals surface area contributed by atoms with E-state index in [0.717, 1.165) is 0 Å². The third-order valence-corrected chi connectivity index (χ3v) is 16.8. The minimum Gasteiger partial charge on any atom is -0.132 e. The molecule has 3 aliphatic carbocycles. The summed E-state index contributed by atoms with van der Waals surface area (Å²) in [7, 11) is 0. The van der Waals surface area contributed by atoms with Crippen LogP contribution in [0.3, 0.4) is 0 Å². The third-order valence-electron chi connectivity index (χ3n) is 7.43. The Morgan fingerprint density at radius 1 is 0.464 bits per heavy atom. The molecule has 4 spiro atoms. The first-order valence-electron chi connectivity index (χ1n) is 8.33. The summed E-state index contributed by atoms with van der Waals surface area (Å²) in [5.41, 5.74) is -0.590. The molecule has 3 fully saturated rings. The van der Waals surface area contributed by atoms with Gasteiger partial charge in [0.15, 0.2) is 0 Å². The quantitative estimate of drug-likeness (QED) is 0.264. The second-order valence-corrected chi connectivity index (χ2v) is 14.6. The Hall–Kier alpha value is 1.98. The summed E-state index contributed by atoms with van der Waals surface area (Å²) in [5, 5.41) is 3.28. The summed E-state index contributed by atoms with van der Waals surface area (Å²) in [5.74, 6) is 0. The minimum atomic E-state index is -0.647. The second kappa shape index (κ2) is 5.54. The first-order valence-corrected chi connectivity index (χ1v) is 13.0. The van der Waals surface area contributed by atoms with Gasteiger partial charge in [0.2, 0.25) is 0 Å². The Morgan fingerprint density at radius 2 is 0.679 bits per heavy atom. The second-order valence-electron chi connectivity index (χ2n) is 8.69. The van der Waals surface area contributed by atoms with Crippen LogP contribution in [0.5, 0.6) is 0 Å². The molecule has 5 aliphatic rings. The van der Waals surface area contributed by atoms with Crippen molar-refractivity contribution >= 4 is 116 Å². The van der Waals surface area contributed by atoms with E-state index in [2.05, 4.69) is 27.7 Å². The number of halogens is 8. The van der Waals surface area contributed by atoms with Gasteiger partial charge in [-0.25, -0.2) is 0 Å². The smallest absolute Gasteiger partial charge is 0.106 e. The van der Waals surface area contributed by atoms with Gasteiger partial charge >= 0.3 is 0 Å². The van der Waals surface area contributed by atoms with E-state index in [0.29, 0.717) is 40.3 Å². The summed E-state index contributed by atoms with van der Waals surface area (Å²) in [6.45, 7) is 8.80. The van der Waals surface area contributed by atoms with E-state index >= 15 is 0 Å². The molecule has 2 heterocycles. The average Bonchev–Trinajstić information content (AvgIpc) is 3.51. The molecule has 0 bridgehead atoms. The van der Waals surface area contributed by atoms with Gasteiger partial charge in [0.25, 0.3) is 0 Å². The summed E-state index contributed by atoms with van der Waals surface area (Å²) in [4.78, 5) is 0. The van der Waals surface area contributed by atoms with Crippen LogP contribution in [0, 0.1) is 10.8 Å². The molecule has 0 nitrogen and oxygen atoms in total. The van der Waals surface area contributed by atoms with E-state index in [1.807, 2.05) is 0 Å². The van der Waals surface area contributed by atoms with Gasteiger partial charge in [-0.3, -0.25) is 0 Å². The number of allylic oxidation sites excluding steroid dienone is 4. The van der Waals surface area contributed by atoms with Crippen molar-refractivity contribution < 1.29 is 0 Å². The maximum absolute atomic E-state index is 6.72. The largest absolute Gasteiger partial charge is 0.132 e. The summed E-state index contributed by atoms with van der Waals surface area (Å²) < 4.78 is -1.95. The van der Waals surface area contributed by atoms with Crippen LogP contribution in [0.1, 0.15) is 27.7 Å². The normalized spacial score (nSPS) is 33.9. The molecule has 2 aliphatic heterocycles. The predicted octanol–water partition coefficient (Wildman–Crippen LogP) is 9.29. The molecule has 0 amide bonds. The zero-order valence-electron chi connectivity index (χ0n) is 14.8. The van der Waals surface area contributed by atoms with Crippen LogP contribution >= 0.6 is 116 Å². The van der Waals surface area contributed by atoms with E-state index in [9.17, 15) is 0 Å². The molecular formula is C18H12Cl8S2. The van der Waals surface area contributed by atoms with Crippen molar-refractivity contribution in [3.63, 3.8) is 0 Å². The maximum Gasteiger partial charge on any atom is 0.106 e. The lowest BCUT2D eigenvalue weighted by atomic mass is 9.36. The number of fused-ring (bicyclic) bond motifs is 2. The topological polar surface area (TPSA) is 0 Å². The first kappa shape index (κ1) is 21.8. The fourth-order valence-electron chi connectivity index (χ4n) is 6.67. The van der Waals surface area contributed by atoms with Gasteiger partial charge in [-0.15, -0.1) is 23.5 Å². The number of rotatable bonds is 0. The molecule has 0 aromatic heterocycles. The van der Waals surface area contributed by atoms with Crippen molar-refractivity contribution in [1.29, 1.82) is 0 Å². The molecule has 0 aromatic carbocycles. The number of hydrogen-bond donors (Lipinski definition) is 0. The van der Waals surface area contributed by atoms with Crippen molar-refractivity contribution in [2.75, 3.05) is 0 Å². The van der Waals surface area contributed by atoms with E-state index in [1.165, 1.54) is 0 Å². The van der Waals surface area contributed by atoms with Crippen molar-refractivity contribution in [1.82, 2.24) is 0 Å². The molecule has 28 heavy (non-hydrogen) atoms. The van der Waals surface area contributed by atoms with Crippen molar-refractivity contribution in [2.24, 2.45) is 10.8 Å². The Bertz CT molecular complexity index is 886. The molecule has 0 unspecified atom stereocenters. The van der Waals surface area contributed by atoms with Gasteiger partial charge in [0.05, 0.1) is 49.8 Å². The lowest BCUT2D eigenvalue weighted by Gasteiger charge is -2.68. The van der Waals surface area contributed by atoms with Gasteiger partial charge in [0, 0.05) is 0 Å². The van der Waals surface area contributed by atoms with Gasteiger partial charge in [-0.05, 0) is 10.8 Å². The molecule has 0 N–H and O–H groups in total. The Morgan fingerprint density at radius 3 is 0.893 bits per heavy atom. The zero-order chi connectivity index (χ0) is 21.0. The summed E-state index contributed by atoms with van der Waals surface area (Å²) in [6.07, 6.45) is 0. The first-order chi connectivity index (χ1) is 12.7. The molecule has 10 heteroatoms. The number of thioether (sulfide) groups is 2. The van der Waals surface area contributed by atoms with E-state index in [4.69, 9.17) is 92.8 Å². The van der Waals surface area contributed by atoms with Crippen LogP contribution in [-0.2, 0) is 0 Å². The lowest BCUT2D eigenvalue weighted by Crippen LogP contribution is -2.76. The molecule has 0 radical (unpaired) electrons. The van der Waals surface area contributed by atoms with Gasteiger partial charge in [-0.1, -0.05) is 121 Å². The van der Waals surface area contributed by atoms with Gasteiger partial charge < -0.3 is 0 Å². The molecule has 5 rings (SSSR count). The Balaban J connectivity index is 1.71. The third kappa shape index (κ3) is 1.62. The van der Waals surface area contributed by atoms with Crippen LogP contribution in [0.25, 0.3) is 0 Å². The average molecular weight is 576 g/mol. The van der Waals surface area contributed by atoms with Gasteiger partial charge in [0.1, 0.15) is 9.49 Å². The van der Waals surface area contributed by atoms with E-state index in [1.54, 1.807) is 23.5 Å². The van der Waals surface area contributed by atoms with Gasteiger partial charge in [-0.2, -0.15) is 0 Å². The highest BCUT2D eigenvalue weighted by Crippen LogP contribution is 3.04. The van der Waals surface area contributed by atoms with E-state index < -0.39 is 9.49 Å². The highest BCUT2D eigenvalue weighted by Gasteiger charge is 3.04. The fraction of sp³-hybridized carbons (Fsp3) is 0.556. The number of hydrogen-bond acceptors (Lipinski definition) is 2. The van der Waals surface area contributed by atoms with Crippen molar-refractivity contribution in [3.8, 4) is 0 Å². The molecule has 2 saturated heterocycles. The maximum atomic E-state index is 6.72. The Kier molecular flexibility index (Phi) is 4.32. The SMILES string of the molecule is CC1(C)C2(SC23C(Cl)=C(Cl)C(Cl)=C3Cl)C(C)(C)C12SC21C(Cl)=C(Cl)C(Cl)=C1Cl. The van der Waals surface area contributed by atoms with Crippen LogP contribution in [0.2, 0.25) is 0 Å². The zero-order valence-corrected chi connectivity index (χ0v) is 22.5. The van der Waals surface area contributed by atoms with E-state index in [-0.39, 0.29) is 20.3 Å². The molecular weight excluding hydrogens is 564 g/mol. The predicted molar refractivity (Wildman–Crippen MR) is 129 cm³/mol. The Labute approximate surface area is 212 Å². The minimum absolute atomic E-state index is 0.295. The molecule has 0 atom stereocenters. The standard InChI is InChI=1S/C18H12Cl8S2/c1-13(2)17(15(27-17)9(23)5(19)6(20)10(15)24)14(3,4)18(13)16(28-18)11(25)7(21)8(22)12(16)26/h1-4H3. The van der Waals surface area contributed by atoms with Crippen molar-refractivity contribution in [2.45, 2.75) is 46.7 Å². The molecule has 0 aromatic rings. The highest BCUT2D eigenvalue weighted by molar-refractivity contribution is 8.13. The van der Waals surface area contributed by atoms with Crippen LogP contribution in [0.4, 0.5) is 0 Å². The summed E-state index contributed by atoms with van der Waals surface area (Å²) >= 11 is 55.9. The van der Waals surface area contributed by atoms with Crippen LogP contribution in [-0.4, -0.2) is 19.0 Å².